The summed E-state index contributed by atoms with van der Waals surface area (Å²) in [6.45, 7) is -0.371. The fourth-order valence-electron chi connectivity index (χ4n) is 2.06. The monoisotopic (exact) mass is 386 g/mol. The molecule has 0 aromatic carbocycles. The molecule has 0 bridgehead atoms. The number of aromatic nitrogens is 2. The van der Waals surface area contributed by atoms with Crippen LogP contribution in [0.2, 0.25) is 0 Å². The highest BCUT2D eigenvalue weighted by atomic mass is 32.1. The largest absolute Gasteiger partial charge is 0.395 e. The maximum atomic E-state index is 14.4. The molecule has 0 saturated carbocycles. The number of halogens is 2. The predicted octanol–water partition coefficient (Wildman–Crippen LogP) is 2.82. The number of thiophene rings is 1. The molecule has 3 heterocycles. The van der Waals surface area contributed by atoms with Crippen molar-refractivity contribution < 1.29 is 13.9 Å². The van der Waals surface area contributed by atoms with Gasteiger partial charge in [-0.05, 0) is 11.5 Å². The third-order valence-corrected chi connectivity index (χ3v) is 6.31. The minimum absolute atomic E-state index is 0.0300. The van der Waals surface area contributed by atoms with Crippen molar-refractivity contribution in [3.05, 3.63) is 27.0 Å². The Kier molecular flexibility index (Phi) is 4.80. The number of thiazole rings is 1. The number of nitrogens with two attached hydrogens (primary N) is 1. The van der Waals surface area contributed by atoms with E-state index in [4.69, 9.17) is 17.3 Å². The Labute approximate surface area is 148 Å². The Balaban J connectivity index is 1.99. The summed E-state index contributed by atoms with van der Waals surface area (Å²) in [6, 6.07) is -1.72. The Hall–Kier alpha value is -1.64. The van der Waals surface area contributed by atoms with Crippen LogP contribution in [0.5, 0.6) is 0 Å². The molecule has 3 aromatic heterocycles. The van der Waals surface area contributed by atoms with Gasteiger partial charge in [0.05, 0.1) is 34.3 Å². The van der Waals surface area contributed by atoms with E-state index in [1.807, 2.05) is 5.38 Å². The molecule has 0 aliphatic rings. The summed E-state index contributed by atoms with van der Waals surface area (Å²) in [4.78, 5) is 3.82. The van der Waals surface area contributed by atoms with Crippen molar-refractivity contribution in [2.75, 3.05) is 11.9 Å². The molecule has 3 rings (SSSR count). The molecule has 126 valence electrons. The molecule has 0 radical (unpaired) electrons. The summed E-state index contributed by atoms with van der Waals surface area (Å²) < 4.78 is 33.6. The van der Waals surface area contributed by atoms with Crippen molar-refractivity contribution >= 4 is 49.4 Å². The lowest BCUT2D eigenvalue weighted by molar-refractivity contribution is -0.0431. The molecule has 0 aliphatic carbocycles. The Morgan fingerprint density at radius 3 is 2.92 bits per heavy atom. The SMILES string of the molecule is C#Cc1c(C(F)(F)[C@@H](N)CO)sc2c(NCc3nccs3)snc12. The summed E-state index contributed by atoms with van der Waals surface area (Å²) in [5.41, 5.74) is 5.74. The predicted molar refractivity (Wildman–Crippen MR) is 93.8 cm³/mol. The number of hydrogen-bond acceptors (Lipinski definition) is 8. The zero-order valence-electron chi connectivity index (χ0n) is 12.1. The summed E-state index contributed by atoms with van der Waals surface area (Å²) >= 11 is 3.51. The first-order valence-electron chi connectivity index (χ1n) is 6.74. The van der Waals surface area contributed by atoms with Crippen LogP contribution in [0, 0.1) is 12.3 Å². The fourth-order valence-corrected chi connectivity index (χ4v) is 4.75. The lowest BCUT2D eigenvalue weighted by Crippen LogP contribution is -2.41. The van der Waals surface area contributed by atoms with Crippen molar-refractivity contribution in [2.24, 2.45) is 5.73 Å². The molecule has 24 heavy (non-hydrogen) atoms. The zero-order chi connectivity index (χ0) is 17.3. The molecule has 3 aromatic rings. The molecule has 0 spiro atoms. The average Bonchev–Trinajstić information content (AvgIpc) is 3.28. The molecule has 4 N–H and O–H groups in total. The van der Waals surface area contributed by atoms with Gasteiger partial charge >= 0.3 is 0 Å². The van der Waals surface area contributed by atoms with Gasteiger partial charge in [0.25, 0.3) is 5.92 Å². The molecule has 0 unspecified atom stereocenters. The van der Waals surface area contributed by atoms with Crippen LogP contribution < -0.4 is 11.1 Å². The third-order valence-electron chi connectivity index (χ3n) is 3.31. The summed E-state index contributed by atoms with van der Waals surface area (Å²) in [5.74, 6) is -1.14. The number of terminal acetylenes is 1. The van der Waals surface area contributed by atoms with E-state index in [9.17, 15) is 8.78 Å². The smallest absolute Gasteiger partial charge is 0.300 e. The first-order chi connectivity index (χ1) is 11.5. The van der Waals surface area contributed by atoms with E-state index in [0.717, 1.165) is 27.9 Å². The number of nitrogens with one attached hydrogen (secondary N) is 1. The van der Waals surface area contributed by atoms with E-state index >= 15 is 0 Å². The quantitative estimate of drug-likeness (QED) is 0.568. The topological polar surface area (TPSA) is 84.1 Å². The van der Waals surface area contributed by atoms with Crippen LogP contribution >= 0.6 is 34.2 Å². The highest BCUT2D eigenvalue weighted by molar-refractivity contribution is 7.25. The number of rotatable bonds is 6. The maximum absolute atomic E-state index is 14.4. The van der Waals surface area contributed by atoms with E-state index in [1.54, 1.807) is 6.20 Å². The third kappa shape index (κ3) is 2.89. The summed E-state index contributed by atoms with van der Waals surface area (Å²) in [5, 5.41) is 15.5. The second-order valence-corrected chi connectivity index (χ2v) is 7.60. The highest BCUT2D eigenvalue weighted by Gasteiger charge is 2.43. The van der Waals surface area contributed by atoms with Crippen LogP contribution in [0.1, 0.15) is 15.4 Å². The zero-order valence-corrected chi connectivity index (χ0v) is 14.6. The standard InChI is InChI=1S/C14H12F2N4OS3/c1-2-7-10-11(23-12(7)14(15,16)8(17)6-21)13(24-20-10)19-5-9-18-3-4-22-9/h1,3-4,8,19,21H,5-6,17H2/t8-/m0/s1. The molecule has 0 fully saturated rings. The molecule has 0 aliphatic heterocycles. The minimum atomic E-state index is -3.42. The number of fused-ring (bicyclic) bond motifs is 1. The van der Waals surface area contributed by atoms with Crippen molar-refractivity contribution in [3.63, 3.8) is 0 Å². The Morgan fingerprint density at radius 2 is 2.29 bits per heavy atom. The van der Waals surface area contributed by atoms with E-state index in [2.05, 4.69) is 20.6 Å². The molecule has 0 amide bonds. The Morgan fingerprint density at radius 1 is 1.50 bits per heavy atom. The number of anilines is 1. The number of hydrogen-bond donors (Lipinski definition) is 3. The van der Waals surface area contributed by atoms with Gasteiger partial charge in [-0.2, -0.15) is 13.2 Å². The maximum Gasteiger partial charge on any atom is 0.300 e. The minimum Gasteiger partial charge on any atom is -0.395 e. The van der Waals surface area contributed by atoms with Crippen LogP contribution in [0.15, 0.2) is 11.6 Å². The molecule has 1 atom stereocenters. The van der Waals surface area contributed by atoms with Crippen molar-refractivity contribution in [2.45, 2.75) is 18.5 Å². The van der Waals surface area contributed by atoms with Gasteiger partial charge in [0.1, 0.15) is 15.5 Å². The number of aliphatic hydroxyl groups is 1. The lowest BCUT2D eigenvalue weighted by atomic mass is 10.1. The van der Waals surface area contributed by atoms with E-state index in [0.29, 0.717) is 21.8 Å². The van der Waals surface area contributed by atoms with Crippen LogP contribution in [-0.4, -0.2) is 27.1 Å². The normalized spacial score (nSPS) is 13.1. The molecular weight excluding hydrogens is 374 g/mol. The van der Waals surface area contributed by atoms with Crippen LogP contribution in [0.4, 0.5) is 13.8 Å². The van der Waals surface area contributed by atoms with Gasteiger partial charge < -0.3 is 16.2 Å². The molecule has 10 heteroatoms. The van der Waals surface area contributed by atoms with Gasteiger partial charge in [-0.25, -0.2) is 4.98 Å². The van der Waals surface area contributed by atoms with Crippen molar-refractivity contribution in [1.82, 2.24) is 9.36 Å². The molecule has 0 saturated heterocycles. The fraction of sp³-hybridized carbons (Fsp3) is 0.286. The van der Waals surface area contributed by atoms with Gasteiger partial charge in [0.15, 0.2) is 0 Å². The van der Waals surface area contributed by atoms with E-state index < -0.39 is 18.6 Å². The first-order valence-corrected chi connectivity index (χ1v) is 9.21. The first kappa shape index (κ1) is 17.2. The number of aliphatic hydroxyl groups excluding tert-OH is 1. The summed E-state index contributed by atoms with van der Waals surface area (Å²) in [7, 11) is 0. The van der Waals surface area contributed by atoms with Gasteiger partial charge in [-0.3, -0.25) is 0 Å². The lowest BCUT2D eigenvalue weighted by Gasteiger charge is -2.20. The van der Waals surface area contributed by atoms with Gasteiger partial charge in [-0.1, -0.05) is 5.92 Å². The van der Waals surface area contributed by atoms with Crippen molar-refractivity contribution in [3.8, 4) is 12.3 Å². The van der Waals surface area contributed by atoms with Crippen molar-refractivity contribution in [1.29, 1.82) is 0 Å². The Bertz CT molecular complexity index is 882. The van der Waals surface area contributed by atoms with E-state index in [1.165, 1.54) is 11.3 Å². The molecular formula is C14H12F2N4OS3. The molecule has 5 nitrogen and oxygen atoms in total. The second kappa shape index (κ2) is 6.70. The van der Waals surface area contributed by atoms with Crippen LogP contribution in [-0.2, 0) is 12.5 Å². The average molecular weight is 386 g/mol. The van der Waals surface area contributed by atoms with Gasteiger partial charge in [-0.15, -0.1) is 29.1 Å². The van der Waals surface area contributed by atoms with Gasteiger partial charge in [0.2, 0.25) is 0 Å². The van der Waals surface area contributed by atoms with E-state index in [-0.39, 0.29) is 10.4 Å². The number of nitrogens with zero attached hydrogens (tertiary/aromatic N) is 2. The van der Waals surface area contributed by atoms with Crippen LogP contribution in [0.25, 0.3) is 10.2 Å². The number of alkyl halides is 2. The van der Waals surface area contributed by atoms with Crippen LogP contribution in [0.3, 0.4) is 0 Å². The highest BCUT2D eigenvalue weighted by Crippen LogP contribution is 2.45. The second-order valence-electron chi connectivity index (χ2n) is 4.83. The summed E-state index contributed by atoms with van der Waals surface area (Å²) in [6.07, 6.45) is 7.11. The van der Waals surface area contributed by atoms with Gasteiger partial charge in [0, 0.05) is 11.6 Å².